The average Bonchev–Trinajstić information content (AvgIpc) is 3.27. The van der Waals surface area contributed by atoms with E-state index in [2.05, 4.69) is 45.9 Å². The molecule has 22 heteroatoms. The van der Waals surface area contributed by atoms with Crippen molar-refractivity contribution in [3.63, 3.8) is 0 Å². The molecule has 6 rings (SSSR count). The van der Waals surface area contributed by atoms with Crippen LogP contribution >= 0.6 is 0 Å². The number of carboxylic acids is 3. The summed E-state index contributed by atoms with van der Waals surface area (Å²) in [7, 11) is 0. The van der Waals surface area contributed by atoms with Gasteiger partial charge in [-0.05, 0) is 110 Å². The molecule has 6 aromatic heterocycles. The molecule has 0 fully saturated rings. The Balaban J connectivity index is 0.000000253. The van der Waals surface area contributed by atoms with E-state index in [-0.39, 0.29) is 72.8 Å². The summed E-state index contributed by atoms with van der Waals surface area (Å²) in [5, 5.41) is 35.1. The van der Waals surface area contributed by atoms with Crippen LogP contribution in [-0.2, 0) is 0 Å². The Bertz CT molecular complexity index is 2340. The minimum atomic E-state index is -1.20. The fourth-order valence-corrected chi connectivity index (χ4v) is 5.25. The van der Waals surface area contributed by atoms with Crippen LogP contribution in [0.5, 0.6) is 0 Å². The largest absolute Gasteiger partial charge is 0.477 e. The summed E-state index contributed by atoms with van der Waals surface area (Å²) in [6.07, 6.45) is 4.54. The zero-order valence-corrected chi connectivity index (χ0v) is 36.5. The molecule has 0 saturated heterocycles. The molecule has 6 heterocycles. The standard InChI is InChI=1S/3C14H14N4O3.Tb/c3*1-2-16-13(19)10-5-9(6-11(18-10)14(20)21)8-3-4-12(15)17-7-8;/h3*3-7H,2H2,1H3,(H2,15,17)(H,16,19)(H,20,21);. The first-order chi connectivity index (χ1) is 30.0. The summed E-state index contributed by atoms with van der Waals surface area (Å²) in [6.45, 7) is 6.58. The van der Waals surface area contributed by atoms with Crippen molar-refractivity contribution in [2.24, 2.45) is 0 Å². The van der Waals surface area contributed by atoms with E-state index < -0.39 is 35.6 Å². The van der Waals surface area contributed by atoms with Crippen LogP contribution in [0.1, 0.15) is 83.7 Å². The molecule has 0 spiro atoms. The number of carbonyl (C=O) groups is 6. The second-order valence-corrected chi connectivity index (χ2v) is 12.8. The molecule has 0 atom stereocenters. The van der Waals surface area contributed by atoms with E-state index in [0.29, 0.717) is 70.5 Å². The third-order valence-corrected chi connectivity index (χ3v) is 8.20. The van der Waals surface area contributed by atoms with Crippen LogP contribution in [0, 0.1) is 38.6 Å². The number of nitrogen functional groups attached to an aromatic ring is 3. The van der Waals surface area contributed by atoms with E-state index >= 15 is 0 Å². The molecule has 0 aliphatic heterocycles. The number of anilines is 3. The molecule has 0 aliphatic rings. The van der Waals surface area contributed by atoms with Crippen molar-refractivity contribution in [1.82, 2.24) is 45.9 Å². The molecule has 21 nitrogen and oxygen atoms in total. The monoisotopic (exact) mass is 1020 g/mol. The second-order valence-electron chi connectivity index (χ2n) is 12.8. The number of nitrogens with two attached hydrogens (primary N) is 3. The van der Waals surface area contributed by atoms with Crippen molar-refractivity contribution >= 4 is 53.1 Å². The molecule has 64 heavy (non-hydrogen) atoms. The van der Waals surface area contributed by atoms with Crippen molar-refractivity contribution in [2.75, 3.05) is 36.8 Å². The van der Waals surface area contributed by atoms with Gasteiger partial charge in [0, 0.05) is 93.5 Å². The number of hydrogen-bond acceptors (Lipinski definition) is 15. The van der Waals surface area contributed by atoms with Crippen molar-refractivity contribution < 1.29 is 82.7 Å². The molecule has 0 bridgehead atoms. The molecule has 3 amide bonds. The molecule has 333 valence electrons. The van der Waals surface area contributed by atoms with E-state index in [1.54, 1.807) is 57.2 Å². The van der Waals surface area contributed by atoms with E-state index in [4.69, 9.17) is 32.5 Å². The number of nitrogens with zero attached hydrogens (tertiary/aromatic N) is 6. The minimum Gasteiger partial charge on any atom is -0.477 e. The number of hydrogen-bond donors (Lipinski definition) is 9. The maximum atomic E-state index is 11.9. The van der Waals surface area contributed by atoms with Gasteiger partial charge >= 0.3 is 17.9 Å². The third kappa shape index (κ3) is 14.5. The first kappa shape index (κ1) is 50.8. The van der Waals surface area contributed by atoms with Gasteiger partial charge in [-0.3, -0.25) is 14.4 Å². The van der Waals surface area contributed by atoms with Crippen molar-refractivity contribution in [1.29, 1.82) is 0 Å². The Kier molecular flexibility index (Phi) is 19.2. The van der Waals surface area contributed by atoms with Crippen LogP contribution < -0.4 is 33.2 Å². The van der Waals surface area contributed by atoms with Gasteiger partial charge in [-0.15, -0.1) is 0 Å². The number of nitrogens with one attached hydrogen (secondary N) is 3. The van der Waals surface area contributed by atoms with E-state index in [1.165, 1.54) is 55.0 Å². The Morgan fingerprint density at radius 2 is 0.656 bits per heavy atom. The average molecular weight is 1020 g/mol. The molecule has 0 saturated carbocycles. The fourth-order valence-electron chi connectivity index (χ4n) is 5.25. The van der Waals surface area contributed by atoms with E-state index in [0.717, 1.165) is 0 Å². The van der Waals surface area contributed by atoms with Gasteiger partial charge in [0.1, 0.15) is 51.6 Å². The summed E-state index contributed by atoms with van der Waals surface area (Å²) < 4.78 is 0. The molecular weight excluding hydrogens is 975 g/mol. The number of amides is 3. The normalized spacial score (nSPS) is 9.98. The van der Waals surface area contributed by atoms with E-state index in [9.17, 15) is 28.8 Å². The van der Waals surface area contributed by atoms with Crippen LogP contribution in [0.25, 0.3) is 33.4 Å². The number of aromatic nitrogens is 6. The van der Waals surface area contributed by atoms with Gasteiger partial charge in [-0.25, -0.2) is 44.3 Å². The molecule has 1 radical (unpaired) electrons. The number of pyridine rings is 6. The first-order valence-electron chi connectivity index (χ1n) is 18.8. The van der Waals surface area contributed by atoms with Gasteiger partial charge in [-0.1, -0.05) is 0 Å². The molecule has 6 aromatic rings. The number of rotatable bonds is 12. The SMILES string of the molecule is CCNC(=O)c1cc(-c2ccc(N)nc2)cc(C(=O)O)n1.CCNC(=O)c1cc(-c2ccc(N)nc2)cc(C(=O)O)n1.CCNC(=O)c1cc(-c2ccc(N)nc2)cc(C(=O)O)n1.[Tb]. The van der Waals surface area contributed by atoms with Gasteiger partial charge in [0.05, 0.1) is 0 Å². The summed E-state index contributed by atoms with van der Waals surface area (Å²) in [5.41, 5.74) is 19.7. The number of carboxylic acid groups (broad SMARTS) is 3. The Morgan fingerprint density at radius 1 is 0.422 bits per heavy atom. The molecule has 0 unspecified atom stereocenters. The van der Waals surface area contributed by atoms with Crippen LogP contribution in [0.3, 0.4) is 0 Å². The summed E-state index contributed by atoms with van der Waals surface area (Å²) in [5.74, 6) is -3.82. The predicted octanol–water partition coefficient (Wildman–Crippen LogP) is 3.52. The Labute approximate surface area is 395 Å². The van der Waals surface area contributed by atoms with Gasteiger partial charge in [-0.2, -0.15) is 0 Å². The third-order valence-electron chi connectivity index (χ3n) is 8.20. The topological polar surface area (TPSA) is 355 Å². The van der Waals surface area contributed by atoms with Crippen molar-refractivity contribution in [3.8, 4) is 33.4 Å². The van der Waals surface area contributed by atoms with Gasteiger partial charge < -0.3 is 48.5 Å². The molecule has 0 aromatic carbocycles. The van der Waals surface area contributed by atoms with Crippen LogP contribution in [0.15, 0.2) is 91.4 Å². The van der Waals surface area contributed by atoms with Gasteiger partial charge in [0.25, 0.3) is 17.7 Å². The Hall–Kier alpha value is -7.59. The van der Waals surface area contributed by atoms with Crippen molar-refractivity contribution in [2.45, 2.75) is 20.8 Å². The predicted molar refractivity (Wildman–Crippen MR) is 231 cm³/mol. The quantitative estimate of drug-likeness (QED) is 0.0846. The minimum absolute atomic E-state index is 0. The zero-order valence-electron chi connectivity index (χ0n) is 34.3. The smallest absolute Gasteiger partial charge is 0.354 e. The van der Waals surface area contributed by atoms with Crippen molar-refractivity contribution in [3.05, 3.63) is 126 Å². The maximum absolute atomic E-state index is 11.9. The Morgan fingerprint density at radius 3 is 0.844 bits per heavy atom. The van der Waals surface area contributed by atoms with Crippen LogP contribution in [0.2, 0.25) is 0 Å². The number of carbonyl (C=O) groups excluding carboxylic acids is 3. The van der Waals surface area contributed by atoms with E-state index in [1.807, 2.05) is 0 Å². The molecule has 12 N–H and O–H groups in total. The zero-order chi connectivity index (χ0) is 46.2. The number of aromatic carboxylic acids is 3. The fraction of sp³-hybridized carbons (Fsp3) is 0.143. The maximum Gasteiger partial charge on any atom is 0.354 e. The summed E-state index contributed by atoms with van der Waals surface area (Å²) in [4.78, 5) is 92.4. The molecular formula is C42H42N12O9Tb. The van der Waals surface area contributed by atoms with Crippen LogP contribution in [-0.4, -0.2) is 100 Å². The first-order valence-corrected chi connectivity index (χ1v) is 18.8. The van der Waals surface area contributed by atoms with Gasteiger partial charge in [0.15, 0.2) is 0 Å². The second kappa shape index (κ2) is 24.2. The summed E-state index contributed by atoms with van der Waals surface area (Å²) >= 11 is 0. The summed E-state index contributed by atoms with van der Waals surface area (Å²) in [6, 6.07) is 18.6. The van der Waals surface area contributed by atoms with Crippen LogP contribution in [0.4, 0.5) is 17.5 Å². The van der Waals surface area contributed by atoms with Gasteiger partial charge in [0.2, 0.25) is 0 Å². The molecule has 0 aliphatic carbocycles.